The molecule has 0 aliphatic heterocycles. The molecule has 4 aliphatic rings. The normalized spacial score (nSPS) is 32.9. The second-order valence-electron chi connectivity index (χ2n) is 11.9. The molecular weight excluding hydrogens is 540 g/mol. The smallest absolute Gasteiger partial charge is 0.211 e. The predicted octanol–water partition coefficient (Wildman–Crippen LogP) is 3.32. The highest BCUT2D eigenvalue weighted by atomic mass is 16.1. The van der Waals surface area contributed by atoms with Crippen LogP contribution in [0.15, 0.2) is 30.0 Å². The molecule has 4 bridgehead atoms. The van der Waals surface area contributed by atoms with Crippen molar-refractivity contribution in [1.29, 1.82) is 0 Å². The Kier molecular flexibility index (Phi) is 14.0. The van der Waals surface area contributed by atoms with Crippen LogP contribution in [0, 0.1) is 59.2 Å². The van der Waals surface area contributed by atoms with Crippen molar-refractivity contribution in [2.75, 3.05) is 39.3 Å². The molecule has 4 saturated carbocycles. The van der Waals surface area contributed by atoms with Crippen LogP contribution in [0.25, 0.3) is 0 Å². The van der Waals surface area contributed by atoms with Crippen LogP contribution in [0.1, 0.15) is 51.4 Å². The van der Waals surface area contributed by atoms with Gasteiger partial charge < -0.3 is 0 Å². The molecule has 12 heteroatoms. The van der Waals surface area contributed by atoms with Gasteiger partial charge in [0.15, 0.2) is 0 Å². The van der Waals surface area contributed by atoms with Crippen molar-refractivity contribution in [2.24, 2.45) is 89.1 Å². The highest BCUT2D eigenvalue weighted by Gasteiger charge is 2.52. The van der Waals surface area contributed by atoms with E-state index in [1.807, 2.05) is 0 Å². The molecule has 0 aromatic heterocycles. The average Bonchev–Trinajstić information content (AvgIpc) is 3.77. The number of hydrogen-bond acceptors (Lipinski definition) is 12. The van der Waals surface area contributed by atoms with Crippen LogP contribution in [-0.2, 0) is 28.8 Å². The molecule has 4 fully saturated rings. The van der Waals surface area contributed by atoms with Gasteiger partial charge in [-0.25, -0.2) is 58.7 Å². The molecule has 0 spiro atoms. The highest BCUT2D eigenvalue weighted by molar-refractivity contribution is 5.34. The molecule has 12 nitrogen and oxygen atoms in total. The van der Waals surface area contributed by atoms with E-state index < -0.39 is 0 Å². The van der Waals surface area contributed by atoms with Crippen LogP contribution in [0.2, 0.25) is 0 Å². The Morgan fingerprint density at radius 2 is 0.833 bits per heavy atom. The summed E-state index contributed by atoms with van der Waals surface area (Å²) in [7, 11) is 0. The van der Waals surface area contributed by atoms with Crippen LogP contribution >= 0.6 is 0 Å². The van der Waals surface area contributed by atoms with Crippen molar-refractivity contribution in [3.8, 4) is 0 Å². The Balaban J connectivity index is 0.000000230. The molecule has 0 aromatic carbocycles. The van der Waals surface area contributed by atoms with E-state index in [0.717, 1.165) is 51.4 Å². The van der Waals surface area contributed by atoms with Gasteiger partial charge in [0.05, 0.1) is 39.3 Å². The quantitative estimate of drug-likeness (QED) is 0.154. The minimum Gasteiger partial charge on any atom is -0.211 e. The third-order valence-electron chi connectivity index (χ3n) is 10.2. The molecule has 10 unspecified atom stereocenters. The van der Waals surface area contributed by atoms with Crippen LogP contribution in [0.5, 0.6) is 0 Å². The minimum atomic E-state index is 0.359. The number of carbonyl (C=O) groups excluding carboxylic acids is 6. The number of aliphatic imine (C=N–C) groups is 6. The lowest BCUT2D eigenvalue weighted by atomic mass is 9.72. The first-order chi connectivity index (χ1) is 20.6. The van der Waals surface area contributed by atoms with Gasteiger partial charge in [-0.15, -0.1) is 0 Å². The second kappa shape index (κ2) is 18.0. The summed E-state index contributed by atoms with van der Waals surface area (Å²) >= 11 is 0. The standard InChI is InChI=1S/2C15H19N3O3/c19-8-16-3-1-2-13-14-5-11(15(13)7-18-10-21)4-12(14)6-17-9-20;19-8-16-3-1-2-13-11-4-12(6-17-9-20)14(5-11)15(13)7-18-10-21/h2*11-15H,1-7H2. The molecule has 42 heavy (non-hydrogen) atoms. The lowest BCUT2D eigenvalue weighted by Crippen LogP contribution is -2.31. The summed E-state index contributed by atoms with van der Waals surface area (Å²) in [5, 5.41) is 0. The number of hydrogen-bond donors (Lipinski definition) is 0. The molecule has 0 aromatic rings. The molecule has 10 atom stereocenters. The molecular formula is C30H38N6O6. The maximum Gasteiger partial charge on any atom is 0.234 e. The van der Waals surface area contributed by atoms with Crippen LogP contribution in [0.4, 0.5) is 0 Å². The summed E-state index contributed by atoms with van der Waals surface area (Å²) in [6, 6.07) is 0. The molecule has 4 rings (SSSR count). The van der Waals surface area contributed by atoms with E-state index in [9.17, 15) is 28.8 Å². The fourth-order valence-electron chi connectivity index (χ4n) is 8.84. The Morgan fingerprint density at radius 3 is 1.33 bits per heavy atom. The first-order valence-electron chi connectivity index (χ1n) is 14.8. The number of fused-ring (bicyclic) bond motifs is 4. The minimum absolute atomic E-state index is 0.359. The third kappa shape index (κ3) is 8.64. The van der Waals surface area contributed by atoms with Crippen LogP contribution in [-0.4, -0.2) is 75.7 Å². The van der Waals surface area contributed by atoms with E-state index in [4.69, 9.17) is 0 Å². The summed E-state index contributed by atoms with van der Waals surface area (Å²) < 4.78 is 0. The highest BCUT2D eigenvalue weighted by Crippen LogP contribution is 2.57. The summed E-state index contributed by atoms with van der Waals surface area (Å²) in [5.41, 5.74) is 0. The van der Waals surface area contributed by atoms with Gasteiger partial charge >= 0.3 is 0 Å². The number of nitrogens with zero attached hydrogens (tertiary/aromatic N) is 6. The van der Waals surface area contributed by atoms with Gasteiger partial charge in [0.1, 0.15) is 0 Å². The van der Waals surface area contributed by atoms with Crippen LogP contribution < -0.4 is 0 Å². The predicted molar refractivity (Wildman–Crippen MR) is 150 cm³/mol. The Hall–Kier alpha value is -3.72. The lowest BCUT2D eigenvalue weighted by Gasteiger charge is -2.34. The van der Waals surface area contributed by atoms with Gasteiger partial charge in [-0.05, 0) is 111 Å². The third-order valence-corrected chi connectivity index (χ3v) is 10.2. The van der Waals surface area contributed by atoms with Gasteiger partial charge in [0.2, 0.25) is 36.5 Å². The van der Waals surface area contributed by atoms with Gasteiger partial charge in [0.25, 0.3) is 0 Å². The molecule has 0 radical (unpaired) electrons. The summed E-state index contributed by atoms with van der Waals surface area (Å²) in [5.74, 6) is 4.76. The van der Waals surface area contributed by atoms with E-state index in [1.165, 1.54) is 0 Å². The Morgan fingerprint density at radius 1 is 0.429 bits per heavy atom. The molecule has 4 aliphatic carbocycles. The SMILES string of the molecule is O=C=NCCCC1C(CN=C=O)C2CC(CN=C=O)C1C2.O=C=NCCCC1C2CC(CN=C=O)C(C2)C1CN=C=O. The van der Waals surface area contributed by atoms with Gasteiger partial charge in [0, 0.05) is 0 Å². The first-order valence-corrected chi connectivity index (χ1v) is 14.8. The van der Waals surface area contributed by atoms with E-state index in [-0.39, 0.29) is 0 Å². The van der Waals surface area contributed by atoms with Crippen LogP contribution in [0.3, 0.4) is 0 Å². The average molecular weight is 579 g/mol. The topological polar surface area (TPSA) is 177 Å². The zero-order valence-electron chi connectivity index (χ0n) is 23.8. The molecule has 0 amide bonds. The van der Waals surface area contributed by atoms with Gasteiger partial charge in [-0.2, -0.15) is 0 Å². The van der Waals surface area contributed by atoms with Crippen molar-refractivity contribution in [2.45, 2.75) is 51.4 Å². The zero-order valence-corrected chi connectivity index (χ0v) is 23.8. The van der Waals surface area contributed by atoms with E-state index >= 15 is 0 Å². The van der Waals surface area contributed by atoms with Gasteiger partial charge in [-0.3, -0.25) is 0 Å². The lowest BCUT2D eigenvalue weighted by molar-refractivity contribution is 0.159. The Labute approximate surface area is 245 Å². The zero-order chi connectivity index (χ0) is 30.2. The fraction of sp³-hybridized carbons (Fsp3) is 0.800. The van der Waals surface area contributed by atoms with E-state index in [1.54, 1.807) is 36.5 Å². The monoisotopic (exact) mass is 578 g/mol. The largest absolute Gasteiger partial charge is 0.234 e. The fourth-order valence-corrected chi connectivity index (χ4v) is 8.84. The maximum atomic E-state index is 10.4. The van der Waals surface area contributed by atoms with Crippen molar-refractivity contribution in [3.63, 3.8) is 0 Å². The van der Waals surface area contributed by atoms with E-state index in [0.29, 0.717) is 98.4 Å². The number of isocyanates is 6. The second-order valence-corrected chi connectivity index (χ2v) is 11.9. The summed E-state index contributed by atoms with van der Waals surface area (Å²) in [6.45, 7) is 3.15. The first kappa shape index (κ1) is 32.8. The van der Waals surface area contributed by atoms with Crippen molar-refractivity contribution in [1.82, 2.24) is 0 Å². The van der Waals surface area contributed by atoms with Crippen molar-refractivity contribution in [3.05, 3.63) is 0 Å². The van der Waals surface area contributed by atoms with Crippen molar-refractivity contribution >= 4 is 36.5 Å². The van der Waals surface area contributed by atoms with E-state index in [2.05, 4.69) is 30.0 Å². The molecule has 224 valence electrons. The molecule has 0 heterocycles. The molecule has 0 saturated heterocycles. The maximum absolute atomic E-state index is 10.4. The molecule has 0 N–H and O–H groups in total. The Bertz CT molecular complexity index is 1190. The number of rotatable bonds is 16. The summed E-state index contributed by atoms with van der Waals surface area (Å²) in [6.07, 6.45) is 17.7. The summed E-state index contributed by atoms with van der Waals surface area (Å²) in [4.78, 5) is 83.8. The van der Waals surface area contributed by atoms with Gasteiger partial charge in [-0.1, -0.05) is 0 Å². The van der Waals surface area contributed by atoms with Crippen molar-refractivity contribution < 1.29 is 28.8 Å².